The van der Waals surface area contributed by atoms with Crippen molar-refractivity contribution in [3.8, 4) is 0 Å². The lowest BCUT2D eigenvalue weighted by molar-refractivity contribution is 0.220. The molecular weight excluding hydrogens is 254 g/mol. The van der Waals surface area contributed by atoms with Crippen molar-refractivity contribution in [3.63, 3.8) is 0 Å². The Morgan fingerprint density at radius 1 is 1.38 bits per heavy atom. The van der Waals surface area contributed by atoms with E-state index >= 15 is 0 Å². The SMILES string of the molecule is [B]C(CBr)CP(=O)(OCC)OCC. The van der Waals surface area contributed by atoms with E-state index in [-0.39, 0.29) is 12.0 Å². The highest BCUT2D eigenvalue weighted by Crippen LogP contribution is 2.50. The number of hydrogen-bond donors (Lipinski definition) is 0. The van der Waals surface area contributed by atoms with Crippen LogP contribution in [-0.2, 0) is 13.6 Å². The quantitative estimate of drug-likeness (QED) is 0.405. The molecule has 6 heteroatoms. The number of rotatable bonds is 7. The fourth-order valence-electron chi connectivity index (χ4n) is 0.872. The monoisotopic (exact) mass is 268 g/mol. The summed E-state index contributed by atoms with van der Waals surface area (Å²) in [5.74, 6) is -0.191. The fraction of sp³-hybridized carbons (Fsp3) is 1.00. The van der Waals surface area contributed by atoms with E-state index in [4.69, 9.17) is 16.9 Å². The van der Waals surface area contributed by atoms with Crippen LogP contribution in [0.3, 0.4) is 0 Å². The van der Waals surface area contributed by atoms with Gasteiger partial charge in [-0.05, 0) is 19.2 Å². The van der Waals surface area contributed by atoms with Gasteiger partial charge in [-0.15, -0.1) is 0 Å². The van der Waals surface area contributed by atoms with Crippen molar-refractivity contribution in [2.24, 2.45) is 0 Å². The summed E-state index contributed by atoms with van der Waals surface area (Å²) in [6.07, 6.45) is 0.264. The Morgan fingerprint density at radius 3 is 2.15 bits per heavy atom. The lowest BCUT2D eigenvalue weighted by Crippen LogP contribution is -2.07. The number of alkyl halides is 1. The summed E-state index contributed by atoms with van der Waals surface area (Å²) in [6, 6.07) is 0. The first-order valence-corrected chi connectivity index (χ1v) is 7.12. The van der Waals surface area contributed by atoms with Gasteiger partial charge in [-0.1, -0.05) is 21.7 Å². The second kappa shape index (κ2) is 7.05. The minimum absolute atomic E-state index is 0.191. The van der Waals surface area contributed by atoms with E-state index < -0.39 is 7.60 Å². The minimum Gasteiger partial charge on any atom is -0.309 e. The maximum atomic E-state index is 11.8. The zero-order valence-corrected chi connectivity index (χ0v) is 10.5. The average molecular weight is 269 g/mol. The Labute approximate surface area is 89.6 Å². The van der Waals surface area contributed by atoms with Gasteiger partial charge < -0.3 is 9.05 Å². The first-order chi connectivity index (χ1) is 6.08. The molecule has 0 aromatic heterocycles. The van der Waals surface area contributed by atoms with Gasteiger partial charge in [0.15, 0.2) is 0 Å². The summed E-state index contributed by atoms with van der Waals surface area (Å²) < 4.78 is 22.0. The standard InChI is InChI=1S/C7H15BBrO3P/c1-3-11-13(10,12-4-2)6-7(8)5-9/h7H,3-6H2,1-2H3. The molecule has 76 valence electrons. The Hall–Kier alpha value is 0.695. The van der Waals surface area contributed by atoms with Crippen LogP contribution in [0.4, 0.5) is 0 Å². The third kappa shape index (κ3) is 5.89. The van der Waals surface area contributed by atoms with Crippen LogP contribution in [0.1, 0.15) is 13.8 Å². The molecule has 0 saturated heterocycles. The summed E-state index contributed by atoms with van der Waals surface area (Å²) in [5.41, 5.74) is 0. The second-order valence-electron chi connectivity index (χ2n) is 2.54. The van der Waals surface area contributed by atoms with Gasteiger partial charge in [0.1, 0.15) is 0 Å². The normalized spacial score (nSPS) is 14.4. The molecule has 0 N–H and O–H groups in total. The van der Waals surface area contributed by atoms with E-state index in [1.54, 1.807) is 13.8 Å². The van der Waals surface area contributed by atoms with Gasteiger partial charge >= 0.3 is 7.60 Å². The summed E-state index contributed by atoms with van der Waals surface area (Å²) in [4.78, 5) is 0. The van der Waals surface area contributed by atoms with E-state index in [2.05, 4.69) is 15.9 Å². The molecule has 3 nitrogen and oxygen atoms in total. The van der Waals surface area contributed by atoms with Crippen molar-refractivity contribution in [1.29, 1.82) is 0 Å². The Bertz CT molecular complexity index is 169. The summed E-state index contributed by atoms with van der Waals surface area (Å²) in [6.45, 7) is 4.33. The molecule has 1 atom stereocenters. The first kappa shape index (κ1) is 13.7. The first-order valence-electron chi connectivity index (χ1n) is 4.27. The van der Waals surface area contributed by atoms with Crippen molar-refractivity contribution in [1.82, 2.24) is 0 Å². The minimum atomic E-state index is -2.95. The molecule has 0 rings (SSSR count). The van der Waals surface area contributed by atoms with E-state index in [1.165, 1.54) is 0 Å². The maximum Gasteiger partial charge on any atom is 0.330 e. The van der Waals surface area contributed by atoms with E-state index in [1.807, 2.05) is 0 Å². The average Bonchev–Trinajstić information content (AvgIpc) is 2.04. The van der Waals surface area contributed by atoms with Crippen molar-refractivity contribution in [3.05, 3.63) is 0 Å². The third-order valence-electron chi connectivity index (χ3n) is 1.31. The topological polar surface area (TPSA) is 35.5 Å². The van der Waals surface area contributed by atoms with Crippen LogP contribution < -0.4 is 0 Å². The van der Waals surface area contributed by atoms with E-state index in [0.29, 0.717) is 18.5 Å². The molecule has 1 unspecified atom stereocenters. The third-order valence-corrected chi connectivity index (χ3v) is 4.36. The van der Waals surface area contributed by atoms with Gasteiger partial charge in [-0.25, -0.2) is 0 Å². The highest BCUT2D eigenvalue weighted by molar-refractivity contribution is 9.09. The molecule has 0 fully saturated rings. The van der Waals surface area contributed by atoms with E-state index in [9.17, 15) is 4.57 Å². The summed E-state index contributed by atoms with van der Waals surface area (Å²) in [5, 5.41) is 0.594. The van der Waals surface area contributed by atoms with Gasteiger partial charge in [0.25, 0.3) is 0 Å². The van der Waals surface area contributed by atoms with Crippen LogP contribution in [0.2, 0.25) is 5.82 Å². The Morgan fingerprint density at radius 2 is 1.85 bits per heavy atom. The smallest absolute Gasteiger partial charge is 0.309 e. The zero-order chi connectivity index (χ0) is 10.3. The molecule has 0 spiro atoms. The van der Waals surface area contributed by atoms with Gasteiger partial charge in [0.05, 0.1) is 21.1 Å². The highest BCUT2D eigenvalue weighted by Gasteiger charge is 2.25. The Balaban J connectivity index is 4.14. The van der Waals surface area contributed by atoms with Crippen molar-refractivity contribution < 1.29 is 13.6 Å². The molecule has 0 aliphatic rings. The van der Waals surface area contributed by atoms with Gasteiger partial charge in [-0.3, -0.25) is 4.57 Å². The van der Waals surface area contributed by atoms with Crippen LogP contribution in [0.25, 0.3) is 0 Å². The molecule has 0 aromatic carbocycles. The summed E-state index contributed by atoms with van der Waals surface area (Å²) >= 11 is 3.21. The second-order valence-corrected chi connectivity index (χ2v) is 5.29. The number of halogens is 1. The largest absolute Gasteiger partial charge is 0.330 e. The molecule has 2 radical (unpaired) electrons. The lowest BCUT2D eigenvalue weighted by Gasteiger charge is -2.19. The fourth-order valence-corrected chi connectivity index (χ4v) is 3.23. The maximum absolute atomic E-state index is 11.8. The molecule has 0 saturated carbocycles. The molecule has 0 bridgehead atoms. The van der Waals surface area contributed by atoms with Crippen molar-refractivity contribution in [2.45, 2.75) is 19.7 Å². The zero-order valence-electron chi connectivity index (χ0n) is 8.03. The van der Waals surface area contributed by atoms with Crippen LogP contribution in [0.5, 0.6) is 0 Å². The predicted molar refractivity (Wildman–Crippen MR) is 59.0 cm³/mol. The van der Waals surface area contributed by atoms with Crippen LogP contribution >= 0.6 is 23.5 Å². The predicted octanol–water partition coefficient (Wildman–Crippen LogP) is 2.60. The van der Waals surface area contributed by atoms with Crippen LogP contribution in [0, 0.1) is 0 Å². The van der Waals surface area contributed by atoms with Crippen LogP contribution in [0.15, 0.2) is 0 Å². The van der Waals surface area contributed by atoms with Crippen molar-refractivity contribution >= 4 is 31.4 Å². The number of hydrogen-bond acceptors (Lipinski definition) is 3. The highest BCUT2D eigenvalue weighted by atomic mass is 79.9. The Kier molecular flexibility index (Phi) is 7.43. The molecule has 0 aliphatic carbocycles. The molecule has 0 aliphatic heterocycles. The van der Waals surface area contributed by atoms with Gasteiger partial charge in [0, 0.05) is 6.16 Å². The van der Waals surface area contributed by atoms with Gasteiger partial charge in [0.2, 0.25) is 0 Å². The lowest BCUT2D eigenvalue weighted by atomic mass is 9.92. The molecule has 0 amide bonds. The van der Waals surface area contributed by atoms with Crippen molar-refractivity contribution in [2.75, 3.05) is 24.7 Å². The molecule has 0 aromatic rings. The molecule has 0 heterocycles. The van der Waals surface area contributed by atoms with Crippen LogP contribution in [-0.4, -0.2) is 32.6 Å². The van der Waals surface area contributed by atoms with E-state index in [0.717, 1.165) is 0 Å². The van der Waals surface area contributed by atoms with Gasteiger partial charge in [-0.2, -0.15) is 0 Å². The summed E-state index contributed by atoms with van der Waals surface area (Å²) in [7, 11) is 2.69. The molecule has 13 heavy (non-hydrogen) atoms. The molecular formula is C7H15BBrO3P.